The third kappa shape index (κ3) is 3.20. The first-order chi connectivity index (χ1) is 12.4. The standard InChI is InChI=1S/C20H24N4O2/c1-15(13-23(2)3)14-24-18(25)20(22-19(24)26,16-8-5-4-6-9-16)17-10-7-11-21-12-17/h4-12,15H,13-14H2,1-3H3,(H,22,26). The highest BCUT2D eigenvalue weighted by atomic mass is 16.2. The maximum atomic E-state index is 13.5. The molecule has 0 saturated carbocycles. The zero-order valence-electron chi connectivity index (χ0n) is 15.3. The molecule has 2 heterocycles. The fourth-order valence-electron chi connectivity index (χ4n) is 3.57. The number of pyridine rings is 1. The molecule has 0 bridgehead atoms. The van der Waals surface area contributed by atoms with E-state index in [0.717, 1.165) is 12.1 Å². The van der Waals surface area contributed by atoms with Gasteiger partial charge in [0, 0.05) is 31.0 Å². The van der Waals surface area contributed by atoms with E-state index >= 15 is 0 Å². The summed E-state index contributed by atoms with van der Waals surface area (Å²) in [5.74, 6) is -0.0903. The molecular weight excluding hydrogens is 328 g/mol. The molecule has 3 amide bonds. The highest BCUT2D eigenvalue weighted by molar-refractivity contribution is 6.09. The number of imide groups is 1. The summed E-state index contributed by atoms with van der Waals surface area (Å²) < 4.78 is 0. The molecular formula is C20H24N4O2. The molecule has 136 valence electrons. The predicted octanol–water partition coefficient (Wildman–Crippen LogP) is 2.07. The second kappa shape index (κ2) is 7.25. The number of urea groups is 1. The molecule has 0 radical (unpaired) electrons. The third-order valence-electron chi connectivity index (χ3n) is 4.58. The number of amides is 3. The van der Waals surface area contributed by atoms with Crippen LogP contribution in [-0.4, -0.2) is 53.9 Å². The van der Waals surface area contributed by atoms with Gasteiger partial charge in [-0.15, -0.1) is 0 Å². The maximum Gasteiger partial charge on any atom is 0.325 e. The number of nitrogens with zero attached hydrogens (tertiary/aromatic N) is 3. The average Bonchev–Trinajstić information content (AvgIpc) is 2.88. The maximum absolute atomic E-state index is 13.5. The Bertz CT molecular complexity index is 737. The van der Waals surface area contributed by atoms with Gasteiger partial charge in [0.2, 0.25) is 0 Å². The van der Waals surface area contributed by atoms with E-state index in [0.29, 0.717) is 12.1 Å². The van der Waals surface area contributed by atoms with Crippen LogP contribution in [0.15, 0.2) is 54.9 Å². The van der Waals surface area contributed by atoms with Crippen molar-refractivity contribution in [3.8, 4) is 0 Å². The monoisotopic (exact) mass is 352 g/mol. The lowest BCUT2D eigenvalue weighted by Crippen LogP contribution is -2.45. The van der Waals surface area contributed by atoms with Gasteiger partial charge in [0.05, 0.1) is 0 Å². The van der Waals surface area contributed by atoms with Crippen molar-refractivity contribution in [2.75, 3.05) is 27.2 Å². The molecule has 1 N–H and O–H groups in total. The molecule has 0 aliphatic carbocycles. The summed E-state index contributed by atoms with van der Waals surface area (Å²) in [4.78, 5) is 33.7. The quantitative estimate of drug-likeness (QED) is 0.809. The van der Waals surface area contributed by atoms with Crippen molar-refractivity contribution in [1.82, 2.24) is 20.1 Å². The second-order valence-corrected chi connectivity index (χ2v) is 7.07. The van der Waals surface area contributed by atoms with Crippen molar-refractivity contribution in [3.63, 3.8) is 0 Å². The van der Waals surface area contributed by atoms with Gasteiger partial charge in [0.15, 0.2) is 5.54 Å². The summed E-state index contributed by atoms with van der Waals surface area (Å²) in [5, 5.41) is 2.94. The van der Waals surface area contributed by atoms with Crippen LogP contribution in [0.5, 0.6) is 0 Å². The second-order valence-electron chi connectivity index (χ2n) is 7.07. The Labute approximate surface area is 153 Å². The minimum Gasteiger partial charge on any atom is -0.315 e. The number of benzene rings is 1. The molecule has 1 aliphatic rings. The minimum absolute atomic E-state index is 0.167. The predicted molar refractivity (Wildman–Crippen MR) is 99.4 cm³/mol. The first-order valence-electron chi connectivity index (χ1n) is 8.70. The summed E-state index contributed by atoms with van der Waals surface area (Å²) in [6.07, 6.45) is 3.29. The molecule has 2 atom stereocenters. The van der Waals surface area contributed by atoms with Gasteiger partial charge < -0.3 is 10.2 Å². The van der Waals surface area contributed by atoms with Crippen molar-refractivity contribution in [1.29, 1.82) is 0 Å². The van der Waals surface area contributed by atoms with Crippen LogP contribution in [0.4, 0.5) is 4.79 Å². The Balaban J connectivity index is 2.01. The molecule has 0 spiro atoms. The van der Waals surface area contributed by atoms with Crippen LogP contribution in [-0.2, 0) is 10.3 Å². The van der Waals surface area contributed by atoms with E-state index in [4.69, 9.17) is 0 Å². The van der Waals surface area contributed by atoms with Gasteiger partial charge in [-0.25, -0.2) is 4.79 Å². The average molecular weight is 352 g/mol. The molecule has 2 unspecified atom stereocenters. The molecule has 26 heavy (non-hydrogen) atoms. The molecule has 1 saturated heterocycles. The first kappa shape index (κ1) is 18.1. The molecule has 1 aromatic carbocycles. The number of hydrogen-bond donors (Lipinski definition) is 1. The van der Waals surface area contributed by atoms with E-state index in [1.807, 2.05) is 57.4 Å². The van der Waals surface area contributed by atoms with Gasteiger partial charge in [-0.3, -0.25) is 14.7 Å². The van der Waals surface area contributed by atoms with Crippen molar-refractivity contribution < 1.29 is 9.59 Å². The fraction of sp³-hybridized carbons (Fsp3) is 0.350. The molecule has 2 aromatic rings. The number of carbonyl (C=O) groups excluding carboxylic acids is 2. The van der Waals surface area contributed by atoms with E-state index < -0.39 is 5.54 Å². The van der Waals surface area contributed by atoms with Gasteiger partial charge in [-0.05, 0) is 31.6 Å². The Kier molecular flexibility index (Phi) is 5.04. The highest BCUT2D eigenvalue weighted by Gasteiger charge is 2.53. The topological polar surface area (TPSA) is 65.5 Å². The Morgan fingerprint density at radius 2 is 1.81 bits per heavy atom. The number of rotatable bonds is 6. The molecule has 1 aromatic heterocycles. The lowest BCUT2D eigenvalue weighted by molar-refractivity contribution is -0.130. The van der Waals surface area contributed by atoms with Gasteiger partial charge in [-0.1, -0.05) is 43.3 Å². The van der Waals surface area contributed by atoms with Crippen LogP contribution in [0.25, 0.3) is 0 Å². The van der Waals surface area contributed by atoms with E-state index in [1.165, 1.54) is 4.90 Å². The highest BCUT2D eigenvalue weighted by Crippen LogP contribution is 2.35. The normalized spacial score (nSPS) is 21.2. The van der Waals surface area contributed by atoms with Crippen LogP contribution < -0.4 is 5.32 Å². The van der Waals surface area contributed by atoms with Crippen LogP contribution in [0, 0.1) is 5.92 Å². The summed E-state index contributed by atoms with van der Waals surface area (Å²) in [6, 6.07) is 12.6. The smallest absolute Gasteiger partial charge is 0.315 e. The van der Waals surface area contributed by atoms with Crippen LogP contribution in [0.1, 0.15) is 18.1 Å². The van der Waals surface area contributed by atoms with E-state index in [2.05, 4.69) is 15.2 Å². The number of aromatic nitrogens is 1. The van der Waals surface area contributed by atoms with Gasteiger partial charge in [-0.2, -0.15) is 0 Å². The van der Waals surface area contributed by atoms with Gasteiger partial charge in [0.25, 0.3) is 5.91 Å². The molecule has 6 heteroatoms. The fourth-order valence-corrected chi connectivity index (χ4v) is 3.57. The van der Waals surface area contributed by atoms with Crippen molar-refractivity contribution >= 4 is 11.9 Å². The Morgan fingerprint density at radius 3 is 2.42 bits per heavy atom. The minimum atomic E-state index is -1.23. The SMILES string of the molecule is CC(CN(C)C)CN1C(=O)NC(c2ccccc2)(c2cccnc2)C1=O. The summed E-state index contributed by atoms with van der Waals surface area (Å²) in [5.41, 5.74) is 0.159. The van der Waals surface area contributed by atoms with E-state index in [1.54, 1.807) is 18.5 Å². The van der Waals surface area contributed by atoms with Crippen molar-refractivity contribution in [2.45, 2.75) is 12.5 Å². The number of nitrogens with one attached hydrogen (secondary N) is 1. The zero-order valence-corrected chi connectivity index (χ0v) is 15.3. The first-order valence-corrected chi connectivity index (χ1v) is 8.70. The lowest BCUT2D eigenvalue weighted by atomic mass is 9.83. The molecule has 1 aliphatic heterocycles. The summed E-state index contributed by atoms with van der Waals surface area (Å²) in [6.45, 7) is 3.20. The van der Waals surface area contributed by atoms with E-state index in [-0.39, 0.29) is 17.9 Å². The Morgan fingerprint density at radius 1 is 1.12 bits per heavy atom. The third-order valence-corrected chi connectivity index (χ3v) is 4.58. The largest absolute Gasteiger partial charge is 0.325 e. The molecule has 1 fully saturated rings. The Hall–Kier alpha value is -2.73. The number of hydrogen-bond acceptors (Lipinski definition) is 4. The lowest BCUT2D eigenvalue weighted by Gasteiger charge is -2.28. The van der Waals surface area contributed by atoms with Crippen molar-refractivity contribution in [3.05, 3.63) is 66.0 Å². The summed E-state index contributed by atoms with van der Waals surface area (Å²) in [7, 11) is 3.96. The van der Waals surface area contributed by atoms with Crippen LogP contribution in [0.2, 0.25) is 0 Å². The zero-order chi connectivity index (χ0) is 18.7. The molecule has 3 rings (SSSR count). The van der Waals surface area contributed by atoms with Crippen LogP contribution in [0.3, 0.4) is 0 Å². The summed E-state index contributed by atoms with van der Waals surface area (Å²) >= 11 is 0. The van der Waals surface area contributed by atoms with Gasteiger partial charge in [0.1, 0.15) is 0 Å². The number of carbonyl (C=O) groups is 2. The van der Waals surface area contributed by atoms with Crippen LogP contribution >= 0.6 is 0 Å². The molecule has 6 nitrogen and oxygen atoms in total. The van der Waals surface area contributed by atoms with Gasteiger partial charge >= 0.3 is 6.03 Å². The van der Waals surface area contributed by atoms with E-state index in [9.17, 15) is 9.59 Å². The van der Waals surface area contributed by atoms with Crippen molar-refractivity contribution in [2.24, 2.45) is 5.92 Å².